The monoisotopic (exact) mass is 1070 g/mol. The van der Waals surface area contributed by atoms with Crippen molar-refractivity contribution >= 4 is 124 Å². The van der Waals surface area contributed by atoms with E-state index in [1.807, 2.05) is 0 Å². The molecule has 0 bridgehead atoms. The van der Waals surface area contributed by atoms with Crippen LogP contribution in [-0.2, 0) is 50.6 Å². The maximum absolute atomic E-state index is 11.4. The first-order valence-corrected chi connectivity index (χ1v) is 24.5. The Kier molecular flexibility index (Phi) is 16.0. The van der Waals surface area contributed by atoms with Gasteiger partial charge in [0.25, 0.3) is 56.3 Å². The van der Waals surface area contributed by atoms with Crippen molar-refractivity contribution in [2.24, 2.45) is 0 Å². The molecule has 0 saturated carbocycles. The van der Waals surface area contributed by atoms with E-state index in [0.717, 1.165) is 36.4 Å². The summed E-state index contributed by atoms with van der Waals surface area (Å²) in [5.41, 5.74) is 35.2. The Bertz CT molecular complexity index is 3690. The minimum absolute atomic E-state index is 0.0108. The lowest BCUT2D eigenvalue weighted by atomic mass is 10.1. The van der Waals surface area contributed by atoms with E-state index >= 15 is 0 Å². The number of nitrogens with two attached hydrogens (primary N) is 7. The van der Waals surface area contributed by atoms with Crippen molar-refractivity contribution < 1.29 is 94.6 Å². The van der Waals surface area contributed by atoms with Gasteiger partial charge in [0, 0.05) is 34.4 Å². The first kappa shape index (κ1) is 55.6. The number of fused-ring (bicyclic) bond motifs is 2. The molecule has 0 aromatic heterocycles. The average molecular weight is 1070 g/mol. The number of hydrogen-bond donors (Lipinski definition) is 15. The van der Waals surface area contributed by atoms with Crippen LogP contribution in [0.3, 0.4) is 0 Å². The molecule has 0 radical (unpaired) electrons. The summed E-state index contributed by atoms with van der Waals surface area (Å²) in [6.07, 6.45) is 0. The molecule has 0 amide bonds. The van der Waals surface area contributed by atoms with Gasteiger partial charge in [-0.2, -0.15) is 42.1 Å². The summed E-state index contributed by atoms with van der Waals surface area (Å²) in [6.45, 7) is 0. The maximum Gasteiger partial charge on any atom is 0.337 e. The SMILES string of the molecule is COc1ccc(N)c(S(=O)(=O)O)c1.Nc1cc(S(=O)(=O)O)c2cc(S(=O)(=O)O)c(N)c(O)c2c1N.Nc1cc([N+](=O)[O-])ccc1C(=O)O.Nc1ccc2c(O)c(N)c(S(=O)(=O)O)cc2c1S(=O)(=O)O. The zero-order valence-electron chi connectivity index (χ0n) is 34.2. The molecule has 69 heavy (non-hydrogen) atoms. The van der Waals surface area contributed by atoms with Crippen LogP contribution < -0.4 is 44.9 Å². The average Bonchev–Trinajstić information content (AvgIpc) is 3.20. The van der Waals surface area contributed by atoms with Crippen molar-refractivity contribution in [2.75, 3.05) is 47.2 Å². The molecule has 0 aliphatic heterocycles. The zero-order valence-corrected chi connectivity index (χ0v) is 38.3. The summed E-state index contributed by atoms with van der Waals surface area (Å²) in [7, 11) is -22.2. The number of nitro groups is 1. The number of methoxy groups -OCH3 is 1. The van der Waals surface area contributed by atoms with Gasteiger partial charge in [0.1, 0.15) is 41.7 Å². The Labute approximate surface area is 388 Å². The van der Waals surface area contributed by atoms with Gasteiger partial charge in [-0.1, -0.05) is 0 Å². The number of anilines is 7. The van der Waals surface area contributed by atoms with Crippen LogP contribution in [0.4, 0.5) is 45.5 Å². The van der Waals surface area contributed by atoms with Crippen LogP contribution in [0.25, 0.3) is 21.5 Å². The molecule has 30 nitrogen and oxygen atoms in total. The summed E-state index contributed by atoms with van der Waals surface area (Å²) in [5.74, 6) is -2.53. The number of phenols is 2. The number of rotatable bonds is 8. The molecule has 6 rings (SSSR count). The van der Waals surface area contributed by atoms with Crippen LogP contribution in [0.15, 0.2) is 91.2 Å². The van der Waals surface area contributed by atoms with Gasteiger partial charge in [0.2, 0.25) is 0 Å². The van der Waals surface area contributed by atoms with Gasteiger partial charge in [-0.25, -0.2) is 4.79 Å². The molecule has 0 heterocycles. The van der Waals surface area contributed by atoms with E-state index in [-0.39, 0.29) is 55.4 Å². The largest absolute Gasteiger partial charge is 0.505 e. The summed E-state index contributed by atoms with van der Waals surface area (Å²) < 4.78 is 162. The fourth-order valence-corrected chi connectivity index (χ4v) is 9.10. The lowest BCUT2D eigenvalue weighted by molar-refractivity contribution is -0.384. The smallest absolute Gasteiger partial charge is 0.337 e. The second-order valence-electron chi connectivity index (χ2n) is 13.3. The predicted octanol–water partition coefficient (Wildman–Crippen LogP) is 1.39. The third-order valence-electron chi connectivity index (χ3n) is 8.78. The highest BCUT2D eigenvalue weighted by Gasteiger charge is 2.28. The number of nitrogens with zero attached hydrogens (tertiary/aromatic N) is 1. The standard InChI is InChI=1S/C10H11N3O7S2.C10H10N2O7S2.C7H6N2O4.C7H9NO4S/c11-4-2-5(21(15,16)17)3-1-6(22(18,19)20)9(13)10(14)7(3)8(4)12;11-6-2-1-4-5(10(6)21(17,18)19)3-7(20(14,15)16)8(12)9(4)13;8-6-3-4(9(12)13)1-2-5(6)7(10)11;1-12-5-2-3-6(8)7(4-5)13(9,10)11/h1-2,14H,11-13H2,(H,15,16,17)(H,18,19,20);1-3,13H,11-12H2,(H,14,15,16)(H,17,18,19);1-3H,8H2,(H,10,11);2-4H,8H2,1H3,(H,9,10,11). The van der Waals surface area contributed by atoms with Gasteiger partial charge in [0.15, 0.2) is 0 Å². The maximum atomic E-state index is 11.4. The van der Waals surface area contributed by atoms with Crippen molar-refractivity contribution in [3.05, 3.63) is 82.4 Å². The summed E-state index contributed by atoms with van der Waals surface area (Å²) in [4.78, 5) is 16.3. The molecular weight excluding hydrogens is 1030 g/mol. The van der Waals surface area contributed by atoms with E-state index in [0.29, 0.717) is 17.9 Å². The number of benzene rings is 6. The minimum Gasteiger partial charge on any atom is -0.505 e. The molecule has 0 aliphatic rings. The number of ether oxygens (including phenoxy) is 1. The number of aromatic hydroxyl groups is 2. The molecule has 22 N–H and O–H groups in total. The summed E-state index contributed by atoms with van der Waals surface area (Å²) >= 11 is 0. The number of hydrogen-bond acceptors (Lipinski definition) is 23. The number of carboxylic acid groups (broad SMARTS) is 1. The number of carboxylic acids is 1. The molecule has 0 unspecified atom stereocenters. The number of nitro benzene ring substituents is 1. The van der Waals surface area contributed by atoms with Gasteiger partial charge in [-0.05, 0) is 48.5 Å². The number of nitrogen functional groups attached to an aromatic ring is 7. The number of non-ortho nitro benzene ring substituents is 1. The molecule has 0 spiro atoms. The van der Waals surface area contributed by atoms with Gasteiger partial charge in [-0.15, -0.1) is 0 Å². The van der Waals surface area contributed by atoms with Gasteiger partial charge >= 0.3 is 5.97 Å². The second kappa shape index (κ2) is 19.8. The first-order valence-electron chi connectivity index (χ1n) is 17.3. The van der Waals surface area contributed by atoms with Crippen LogP contribution in [0.1, 0.15) is 10.4 Å². The van der Waals surface area contributed by atoms with Crippen molar-refractivity contribution in [1.82, 2.24) is 0 Å². The number of aromatic carboxylic acids is 1. The number of carbonyl (C=O) groups is 1. The topological polar surface area (TPSA) is 584 Å². The molecule has 0 aliphatic carbocycles. The third-order valence-corrected chi connectivity index (χ3v) is 13.3. The van der Waals surface area contributed by atoms with Crippen LogP contribution >= 0.6 is 0 Å². The van der Waals surface area contributed by atoms with Crippen molar-refractivity contribution in [1.29, 1.82) is 0 Å². The molecule has 0 atom stereocenters. The van der Waals surface area contributed by atoms with E-state index in [2.05, 4.69) is 0 Å². The molecule has 374 valence electrons. The highest BCUT2D eigenvalue weighted by molar-refractivity contribution is 7.87. The molecular formula is C34H36N8O22S5. The normalized spacial score (nSPS) is 11.8. The van der Waals surface area contributed by atoms with E-state index < -0.39 is 115 Å². The zero-order chi connectivity index (χ0) is 53.3. The highest BCUT2D eigenvalue weighted by Crippen LogP contribution is 2.44. The second-order valence-corrected chi connectivity index (χ2v) is 20.2. The van der Waals surface area contributed by atoms with Gasteiger partial charge in [0.05, 0.1) is 62.8 Å². The third kappa shape index (κ3) is 12.6. The fourth-order valence-electron chi connectivity index (χ4n) is 5.66. The van der Waals surface area contributed by atoms with E-state index in [4.69, 9.17) is 63.6 Å². The first-order chi connectivity index (χ1) is 31.3. The van der Waals surface area contributed by atoms with E-state index in [1.165, 1.54) is 25.3 Å². The Balaban J connectivity index is 0.000000251. The Morgan fingerprint density at radius 3 is 1.43 bits per heavy atom. The summed E-state index contributed by atoms with van der Waals surface area (Å²) in [5, 5.41) is 37.3. The lowest BCUT2D eigenvalue weighted by Crippen LogP contribution is -2.08. The van der Waals surface area contributed by atoms with Crippen LogP contribution in [0, 0.1) is 10.1 Å². The molecule has 6 aromatic carbocycles. The Morgan fingerprint density at radius 1 is 0.522 bits per heavy atom. The predicted molar refractivity (Wildman–Crippen MR) is 244 cm³/mol. The van der Waals surface area contributed by atoms with Gasteiger partial charge in [-0.3, -0.25) is 32.9 Å². The van der Waals surface area contributed by atoms with Crippen molar-refractivity contribution in [3.8, 4) is 17.2 Å². The minimum atomic E-state index is -4.87. The van der Waals surface area contributed by atoms with Crippen LogP contribution in [0.2, 0.25) is 0 Å². The van der Waals surface area contributed by atoms with E-state index in [9.17, 15) is 76.3 Å². The lowest BCUT2D eigenvalue weighted by Gasteiger charge is -2.14. The van der Waals surface area contributed by atoms with Crippen LogP contribution in [0.5, 0.6) is 17.2 Å². The van der Waals surface area contributed by atoms with Crippen LogP contribution in [-0.4, -0.2) is 98.2 Å². The molecule has 35 heteroatoms. The Hall–Kier alpha value is -7.74. The van der Waals surface area contributed by atoms with Crippen molar-refractivity contribution in [3.63, 3.8) is 0 Å². The molecule has 6 aromatic rings. The molecule has 0 saturated heterocycles. The highest BCUT2D eigenvalue weighted by atomic mass is 32.2. The van der Waals surface area contributed by atoms with E-state index in [1.54, 1.807) is 0 Å². The Morgan fingerprint density at radius 2 is 1.00 bits per heavy atom. The van der Waals surface area contributed by atoms with Gasteiger partial charge < -0.3 is 60.2 Å². The van der Waals surface area contributed by atoms with Crippen molar-refractivity contribution in [2.45, 2.75) is 24.5 Å². The molecule has 0 fully saturated rings. The number of phenolic OH excluding ortho intramolecular Hbond substituents is 2. The summed E-state index contributed by atoms with van der Waals surface area (Å²) in [6, 6.07) is 11.7. The fraction of sp³-hybridized carbons (Fsp3) is 0.0294. The quantitative estimate of drug-likeness (QED) is 0.0337.